The zero-order valence-electron chi connectivity index (χ0n) is 6.97. The lowest BCUT2D eigenvalue weighted by Crippen LogP contribution is -1.99. The average Bonchev–Trinajstić information content (AvgIpc) is 1.98. The van der Waals surface area contributed by atoms with Crippen LogP contribution in [0.3, 0.4) is 0 Å². The smallest absolute Gasteiger partial charge is 0.155 e. The highest BCUT2D eigenvalue weighted by atomic mass is 31.1. The molecule has 0 aromatic carbocycles. The summed E-state index contributed by atoms with van der Waals surface area (Å²) in [7, 11) is 0.320. The van der Waals surface area contributed by atoms with Crippen molar-refractivity contribution in [3.63, 3.8) is 0 Å². The third-order valence-corrected chi connectivity index (χ3v) is 2.54. The van der Waals surface area contributed by atoms with Crippen molar-refractivity contribution in [1.82, 2.24) is 0 Å². The van der Waals surface area contributed by atoms with Gasteiger partial charge in [0.2, 0.25) is 0 Å². The van der Waals surface area contributed by atoms with Crippen molar-refractivity contribution in [2.24, 2.45) is 5.92 Å². The van der Waals surface area contributed by atoms with Crippen LogP contribution in [0.1, 0.15) is 39.5 Å². The minimum atomic E-state index is 0.320. The molecule has 0 amide bonds. The fourth-order valence-electron chi connectivity index (χ4n) is 1.02. The molecule has 0 fully saturated rings. The lowest BCUT2D eigenvalue weighted by molar-refractivity contribution is 0.491. The van der Waals surface area contributed by atoms with E-state index in [1.165, 1.54) is 25.7 Å². The van der Waals surface area contributed by atoms with Crippen LogP contribution in [0.5, 0.6) is 0 Å². The summed E-state index contributed by atoms with van der Waals surface area (Å²) < 4.78 is 10.2. The monoisotopic (exact) mass is 160 g/mol. The molecule has 1 unspecified atom stereocenters. The molecule has 0 bridgehead atoms. The lowest BCUT2D eigenvalue weighted by Gasteiger charge is -2.08. The molecule has 0 radical (unpaired) electrons. The van der Waals surface area contributed by atoms with Gasteiger partial charge in [0.05, 0.1) is 0 Å². The van der Waals surface area contributed by atoms with Crippen LogP contribution in [0.2, 0.25) is 0 Å². The largest absolute Gasteiger partial charge is 0.275 e. The van der Waals surface area contributed by atoms with E-state index >= 15 is 0 Å². The average molecular weight is 160 g/mol. The Balaban J connectivity index is 3.29. The molecule has 0 N–H and O–H groups in total. The summed E-state index contributed by atoms with van der Waals surface area (Å²) in [4.78, 5) is 0. The molecule has 60 valence electrons. The van der Waals surface area contributed by atoms with Gasteiger partial charge in [0.15, 0.2) is 8.46 Å². The zero-order chi connectivity index (χ0) is 7.82. The summed E-state index contributed by atoms with van der Waals surface area (Å²) >= 11 is 0. The topological polar surface area (TPSA) is 17.1 Å². The SMILES string of the molecule is CCCCC(CC)CP=O. The fourth-order valence-corrected chi connectivity index (χ4v) is 1.67. The summed E-state index contributed by atoms with van der Waals surface area (Å²) in [6.07, 6.45) is 5.83. The van der Waals surface area contributed by atoms with Crippen LogP contribution in [0.4, 0.5) is 0 Å². The molecule has 0 aliphatic heterocycles. The normalized spacial score (nSPS) is 13.8. The Hall–Kier alpha value is 0.100. The second-order valence-electron chi connectivity index (χ2n) is 2.73. The van der Waals surface area contributed by atoms with E-state index in [1.54, 1.807) is 0 Å². The molecular weight excluding hydrogens is 143 g/mol. The maximum Gasteiger partial charge on any atom is 0.155 e. The molecule has 0 aliphatic rings. The van der Waals surface area contributed by atoms with E-state index < -0.39 is 0 Å². The molecule has 1 nitrogen and oxygen atoms in total. The van der Waals surface area contributed by atoms with Crippen molar-refractivity contribution in [2.45, 2.75) is 39.5 Å². The summed E-state index contributed by atoms with van der Waals surface area (Å²) in [6, 6.07) is 0. The van der Waals surface area contributed by atoms with Crippen molar-refractivity contribution in [3.05, 3.63) is 0 Å². The Bertz CT molecular complexity index is 83.3. The molecular formula is C8H17OP. The molecule has 0 aromatic heterocycles. The second kappa shape index (κ2) is 7.21. The molecule has 0 aromatic rings. The van der Waals surface area contributed by atoms with Crippen molar-refractivity contribution >= 4 is 8.46 Å². The van der Waals surface area contributed by atoms with E-state index in [0.717, 1.165) is 6.16 Å². The molecule has 1 atom stereocenters. The first kappa shape index (κ1) is 10.1. The molecule has 10 heavy (non-hydrogen) atoms. The van der Waals surface area contributed by atoms with Crippen molar-refractivity contribution in [1.29, 1.82) is 0 Å². The van der Waals surface area contributed by atoms with Gasteiger partial charge in [0.1, 0.15) is 0 Å². The Morgan fingerprint density at radius 1 is 1.40 bits per heavy atom. The van der Waals surface area contributed by atoms with Gasteiger partial charge >= 0.3 is 0 Å². The highest BCUT2D eigenvalue weighted by Crippen LogP contribution is 2.16. The van der Waals surface area contributed by atoms with Gasteiger partial charge < -0.3 is 0 Å². The van der Waals surface area contributed by atoms with Gasteiger partial charge in [-0.05, 0) is 12.3 Å². The van der Waals surface area contributed by atoms with Gasteiger partial charge in [0.25, 0.3) is 0 Å². The van der Waals surface area contributed by atoms with E-state index in [2.05, 4.69) is 13.8 Å². The summed E-state index contributed by atoms with van der Waals surface area (Å²) in [5.74, 6) is 0.694. The Morgan fingerprint density at radius 2 is 2.10 bits per heavy atom. The van der Waals surface area contributed by atoms with Crippen molar-refractivity contribution < 1.29 is 4.57 Å². The van der Waals surface area contributed by atoms with Gasteiger partial charge in [0, 0.05) is 6.16 Å². The van der Waals surface area contributed by atoms with Crippen molar-refractivity contribution in [3.8, 4) is 0 Å². The third-order valence-electron chi connectivity index (χ3n) is 1.88. The molecule has 0 saturated heterocycles. The molecule has 0 heterocycles. The highest BCUT2D eigenvalue weighted by molar-refractivity contribution is 7.23. The predicted molar refractivity (Wildman–Crippen MR) is 45.8 cm³/mol. The van der Waals surface area contributed by atoms with Crippen LogP contribution in [-0.2, 0) is 4.57 Å². The van der Waals surface area contributed by atoms with Gasteiger partial charge in [-0.15, -0.1) is 0 Å². The molecule has 0 spiro atoms. The van der Waals surface area contributed by atoms with E-state index in [0.29, 0.717) is 14.4 Å². The molecule has 0 aliphatic carbocycles. The lowest BCUT2D eigenvalue weighted by atomic mass is 10.0. The predicted octanol–water partition coefficient (Wildman–Crippen LogP) is 3.49. The minimum Gasteiger partial charge on any atom is -0.275 e. The summed E-state index contributed by atoms with van der Waals surface area (Å²) in [5.41, 5.74) is 0. The first-order valence-corrected chi connectivity index (χ1v) is 5.14. The first-order chi connectivity index (χ1) is 4.85. The Morgan fingerprint density at radius 3 is 2.50 bits per heavy atom. The van der Waals surface area contributed by atoms with Crippen LogP contribution in [-0.4, -0.2) is 6.16 Å². The zero-order valence-corrected chi connectivity index (χ0v) is 7.86. The standard InChI is InChI=1S/C8H17OP/c1-3-5-6-8(4-2)7-10-9/h8H,3-7H2,1-2H3. The molecule has 0 saturated carbocycles. The van der Waals surface area contributed by atoms with Gasteiger partial charge in [-0.2, -0.15) is 0 Å². The minimum absolute atomic E-state index is 0.320. The van der Waals surface area contributed by atoms with E-state index in [1.807, 2.05) is 0 Å². The number of hydrogen-bond acceptors (Lipinski definition) is 1. The van der Waals surface area contributed by atoms with Crippen LogP contribution in [0.25, 0.3) is 0 Å². The molecule has 2 heteroatoms. The fraction of sp³-hybridized carbons (Fsp3) is 1.00. The van der Waals surface area contributed by atoms with Gasteiger partial charge in [-0.1, -0.05) is 33.1 Å². The van der Waals surface area contributed by atoms with Gasteiger partial charge in [-0.25, -0.2) is 0 Å². The second-order valence-corrected chi connectivity index (χ2v) is 3.35. The Labute approximate surface area is 65.4 Å². The number of rotatable bonds is 6. The number of unbranched alkanes of at least 4 members (excludes halogenated alkanes) is 1. The maximum atomic E-state index is 10.2. The summed E-state index contributed by atoms with van der Waals surface area (Å²) in [5, 5.41) is 0. The summed E-state index contributed by atoms with van der Waals surface area (Å²) in [6.45, 7) is 4.37. The first-order valence-electron chi connectivity index (χ1n) is 4.14. The highest BCUT2D eigenvalue weighted by Gasteiger charge is 2.03. The molecule has 0 rings (SSSR count). The van der Waals surface area contributed by atoms with Crippen LogP contribution < -0.4 is 0 Å². The van der Waals surface area contributed by atoms with E-state index in [-0.39, 0.29) is 0 Å². The van der Waals surface area contributed by atoms with E-state index in [4.69, 9.17) is 0 Å². The van der Waals surface area contributed by atoms with Crippen LogP contribution in [0, 0.1) is 5.92 Å². The van der Waals surface area contributed by atoms with Crippen LogP contribution >= 0.6 is 8.46 Å². The Kier molecular flexibility index (Phi) is 7.28. The quantitative estimate of drug-likeness (QED) is 0.543. The van der Waals surface area contributed by atoms with Crippen molar-refractivity contribution in [2.75, 3.05) is 6.16 Å². The van der Waals surface area contributed by atoms with Gasteiger partial charge in [-0.3, -0.25) is 4.57 Å². The third kappa shape index (κ3) is 4.93. The van der Waals surface area contributed by atoms with Crippen LogP contribution in [0.15, 0.2) is 0 Å². The maximum absolute atomic E-state index is 10.2. The van der Waals surface area contributed by atoms with E-state index in [9.17, 15) is 4.57 Å². The number of hydrogen-bond donors (Lipinski definition) is 0.